The number of ether oxygens (including phenoxy) is 2. The van der Waals surface area contributed by atoms with E-state index < -0.39 is 39.5 Å². The number of carbonyl (C=O) groups is 3. The molecule has 0 fully saturated rings. The number of hydrogen-bond acceptors (Lipinski definition) is 8. The van der Waals surface area contributed by atoms with Crippen molar-refractivity contribution in [3.63, 3.8) is 0 Å². The average Bonchev–Trinajstić information content (AvgIpc) is 2.98. The van der Waals surface area contributed by atoms with Crippen LogP contribution in [0.1, 0.15) is 61.7 Å². The van der Waals surface area contributed by atoms with Gasteiger partial charge in [-0.2, -0.15) is 0 Å². The number of hydrogen-bond donors (Lipinski definition) is 2. The van der Waals surface area contributed by atoms with E-state index in [0.717, 1.165) is 5.56 Å². The van der Waals surface area contributed by atoms with Crippen LogP contribution in [0.3, 0.4) is 0 Å². The quantitative estimate of drug-likeness (QED) is 0.234. The van der Waals surface area contributed by atoms with Crippen molar-refractivity contribution in [2.75, 3.05) is 26.2 Å². The highest BCUT2D eigenvalue weighted by Gasteiger charge is 2.25. The molecule has 3 aromatic carbocycles. The van der Waals surface area contributed by atoms with Crippen LogP contribution in [0.25, 0.3) is 0 Å². The molecule has 0 saturated carbocycles. The van der Waals surface area contributed by atoms with Gasteiger partial charge in [0.15, 0.2) is 0 Å². The first-order chi connectivity index (χ1) is 21.2. The van der Waals surface area contributed by atoms with Crippen molar-refractivity contribution >= 4 is 39.4 Å². The Kier molecular flexibility index (Phi) is 12.5. The van der Waals surface area contributed by atoms with Crippen molar-refractivity contribution in [3.8, 4) is 0 Å². The van der Waals surface area contributed by atoms with Gasteiger partial charge in [-0.15, -0.1) is 0 Å². The number of rotatable bonds is 13. The fraction of sp³-hybridized carbons (Fsp3) is 0.364. The minimum atomic E-state index is -3.95. The van der Waals surface area contributed by atoms with Crippen molar-refractivity contribution in [1.82, 2.24) is 10.2 Å². The number of nitrogens with one attached hydrogen (secondary N) is 1. The van der Waals surface area contributed by atoms with Crippen LogP contribution >= 0.6 is 11.6 Å². The molecule has 0 radical (unpaired) electrons. The topological polar surface area (TPSA) is 139 Å². The Morgan fingerprint density at radius 1 is 0.978 bits per heavy atom. The van der Waals surface area contributed by atoms with Crippen molar-refractivity contribution in [3.05, 3.63) is 94.5 Å². The van der Waals surface area contributed by atoms with Gasteiger partial charge in [0.2, 0.25) is 9.84 Å². The van der Waals surface area contributed by atoms with Crippen LogP contribution in [0.5, 0.6) is 0 Å². The summed E-state index contributed by atoms with van der Waals surface area (Å²) < 4.78 is 37.1. The normalized spacial score (nSPS) is 12.2. The molecule has 0 bridgehead atoms. The Balaban J connectivity index is 1.70. The van der Waals surface area contributed by atoms with Gasteiger partial charge in [0.25, 0.3) is 5.91 Å². The van der Waals surface area contributed by atoms with Crippen LogP contribution in [0, 0.1) is 0 Å². The lowest BCUT2D eigenvalue weighted by molar-refractivity contribution is -0.142. The summed E-state index contributed by atoms with van der Waals surface area (Å²) in [5.74, 6) is -0.952. The number of nitrogens with zero attached hydrogens (tertiary/aromatic N) is 1. The zero-order chi connectivity index (χ0) is 33.2. The smallest absolute Gasteiger partial charge is 0.410 e. The molecule has 0 heterocycles. The second-order valence-corrected chi connectivity index (χ2v) is 13.6. The molecule has 3 rings (SSSR count). The summed E-state index contributed by atoms with van der Waals surface area (Å²) in [5.41, 5.74) is 0.713. The first kappa shape index (κ1) is 35.5. The maximum Gasteiger partial charge on any atom is 0.410 e. The van der Waals surface area contributed by atoms with Crippen molar-refractivity contribution < 1.29 is 37.4 Å². The molecule has 0 saturated heterocycles. The molecule has 242 valence electrons. The third-order valence-electron chi connectivity index (χ3n) is 6.51. The van der Waals surface area contributed by atoms with Gasteiger partial charge in [-0.1, -0.05) is 41.9 Å². The van der Waals surface area contributed by atoms with Gasteiger partial charge >= 0.3 is 12.1 Å². The predicted molar refractivity (Wildman–Crippen MR) is 170 cm³/mol. The average molecular weight is 659 g/mol. The first-order valence-electron chi connectivity index (χ1n) is 14.5. The molecule has 2 amide bonds. The Morgan fingerprint density at radius 2 is 1.67 bits per heavy atom. The Bertz CT molecular complexity index is 1590. The number of aliphatic hydroxyl groups excluding tert-OH is 1. The van der Waals surface area contributed by atoms with Crippen LogP contribution < -0.4 is 5.32 Å². The van der Waals surface area contributed by atoms with E-state index >= 15 is 0 Å². The summed E-state index contributed by atoms with van der Waals surface area (Å²) in [6, 6.07) is 18.7. The van der Waals surface area contributed by atoms with Crippen molar-refractivity contribution in [2.24, 2.45) is 0 Å². The molecule has 3 aromatic rings. The van der Waals surface area contributed by atoms with Crippen LogP contribution in [0.4, 0.5) is 4.79 Å². The zero-order valence-corrected chi connectivity index (χ0v) is 27.4. The van der Waals surface area contributed by atoms with Crippen molar-refractivity contribution in [2.45, 2.75) is 62.0 Å². The summed E-state index contributed by atoms with van der Waals surface area (Å²) in [4.78, 5) is 38.4. The lowest BCUT2D eigenvalue weighted by atomic mass is 10.1. The second kappa shape index (κ2) is 15.9. The Morgan fingerprint density at radius 3 is 2.31 bits per heavy atom. The molecule has 0 spiro atoms. The number of halogens is 1. The number of carbonyl (C=O) groups excluding carboxylic acids is 3. The van der Waals surface area contributed by atoms with E-state index in [0.29, 0.717) is 17.0 Å². The standard InChI is InChI=1S/C33H39ClN2O8S/c1-5-43-30(38)16-18-35-31(39)25-9-7-11-28(21-25)45(41,42)27-14-12-23(13-15-27)17-19-36(32(40)44-33(2,3)4)22-29(37)24-8-6-10-26(34)20-24/h6-15,20-21,29,37H,5,16-19,22H2,1-4H3,(H,35,39)/t29-/m1/s1. The molecule has 0 unspecified atom stereocenters. The summed E-state index contributed by atoms with van der Waals surface area (Å²) in [5, 5.41) is 13.9. The zero-order valence-electron chi connectivity index (χ0n) is 25.8. The molecule has 0 aliphatic rings. The van der Waals surface area contributed by atoms with E-state index in [1.807, 2.05) is 0 Å². The van der Waals surface area contributed by atoms with Gasteiger partial charge < -0.3 is 24.8 Å². The van der Waals surface area contributed by atoms with Crippen LogP contribution in [-0.2, 0) is 30.5 Å². The molecular formula is C33H39ClN2O8S. The molecule has 0 aromatic heterocycles. The number of amides is 2. The third-order valence-corrected chi connectivity index (χ3v) is 8.51. The van der Waals surface area contributed by atoms with E-state index in [1.54, 1.807) is 64.1 Å². The van der Waals surface area contributed by atoms with E-state index in [4.69, 9.17) is 21.1 Å². The van der Waals surface area contributed by atoms with Gasteiger partial charge in [0.05, 0.1) is 35.5 Å². The van der Waals surface area contributed by atoms with Gasteiger partial charge in [0.1, 0.15) is 5.60 Å². The number of aliphatic hydroxyl groups is 1. The third kappa shape index (κ3) is 10.9. The maximum atomic E-state index is 13.4. The molecule has 12 heteroatoms. The summed E-state index contributed by atoms with van der Waals surface area (Å²) >= 11 is 6.07. The summed E-state index contributed by atoms with van der Waals surface area (Å²) in [6.07, 6.45) is -1.22. The lowest BCUT2D eigenvalue weighted by Crippen LogP contribution is -2.40. The van der Waals surface area contributed by atoms with Crippen LogP contribution in [-0.4, -0.2) is 68.2 Å². The van der Waals surface area contributed by atoms with E-state index in [2.05, 4.69) is 5.32 Å². The molecule has 45 heavy (non-hydrogen) atoms. The Hall–Kier alpha value is -3.93. The minimum Gasteiger partial charge on any atom is -0.466 e. The fourth-order valence-electron chi connectivity index (χ4n) is 4.26. The molecule has 2 N–H and O–H groups in total. The highest BCUT2D eigenvalue weighted by molar-refractivity contribution is 7.91. The van der Waals surface area contributed by atoms with E-state index in [1.165, 1.54) is 41.3 Å². The molecule has 10 nitrogen and oxygen atoms in total. The first-order valence-corrected chi connectivity index (χ1v) is 16.3. The fourth-order valence-corrected chi connectivity index (χ4v) is 5.77. The van der Waals surface area contributed by atoms with Gasteiger partial charge in [0, 0.05) is 23.7 Å². The molecule has 0 aliphatic heterocycles. The largest absolute Gasteiger partial charge is 0.466 e. The molecule has 0 aliphatic carbocycles. The number of sulfone groups is 1. The number of esters is 1. The highest BCUT2D eigenvalue weighted by atomic mass is 35.5. The lowest BCUT2D eigenvalue weighted by Gasteiger charge is -2.29. The second-order valence-electron chi connectivity index (χ2n) is 11.2. The van der Waals surface area contributed by atoms with Crippen molar-refractivity contribution in [1.29, 1.82) is 0 Å². The summed E-state index contributed by atoms with van der Waals surface area (Å²) in [7, 11) is -3.95. The maximum absolute atomic E-state index is 13.4. The van der Waals surface area contributed by atoms with Crippen LogP contribution in [0.2, 0.25) is 5.02 Å². The SMILES string of the molecule is CCOC(=O)CCNC(=O)c1cccc(S(=O)(=O)c2ccc(CCN(C[C@@H](O)c3cccc(Cl)c3)C(=O)OC(C)(C)C)cc2)c1. The Labute approximate surface area is 269 Å². The molecule has 1 atom stereocenters. The number of benzene rings is 3. The summed E-state index contributed by atoms with van der Waals surface area (Å²) in [6.45, 7) is 7.42. The van der Waals surface area contributed by atoms with Gasteiger partial charge in [-0.05, 0) is 87.7 Å². The van der Waals surface area contributed by atoms with Gasteiger partial charge in [-0.25, -0.2) is 13.2 Å². The van der Waals surface area contributed by atoms with E-state index in [-0.39, 0.29) is 48.0 Å². The monoisotopic (exact) mass is 658 g/mol. The van der Waals surface area contributed by atoms with Gasteiger partial charge in [-0.3, -0.25) is 9.59 Å². The highest BCUT2D eigenvalue weighted by Crippen LogP contribution is 2.24. The minimum absolute atomic E-state index is 0.00192. The van der Waals surface area contributed by atoms with E-state index in [9.17, 15) is 27.9 Å². The predicted octanol–water partition coefficient (Wildman–Crippen LogP) is 5.37. The molecular weight excluding hydrogens is 620 g/mol. The van der Waals surface area contributed by atoms with Crippen LogP contribution in [0.15, 0.2) is 82.6 Å².